The fourth-order valence-corrected chi connectivity index (χ4v) is 2.88. The van der Waals surface area contributed by atoms with Crippen molar-refractivity contribution in [1.29, 1.82) is 0 Å². The van der Waals surface area contributed by atoms with Gasteiger partial charge in [0.05, 0.1) is 6.10 Å². The van der Waals surface area contributed by atoms with E-state index in [0.29, 0.717) is 13.2 Å². The predicted octanol–water partition coefficient (Wildman–Crippen LogP) is 3.66. The summed E-state index contributed by atoms with van der Waals surface area (Å²) in [7, 11) is 0. The Morgan fingerprint density at radius 1 is 0.950 bits per heavy atom. The first-order valence-electron chi connectivity index (χ1n) is 6.58. The van der Waals surface area contributed by atoms with Crippen LogP contribution in [0.5, 0.6) is 11.5 Å². The highest BCUT2D eigenvalue weighted by Crippen LogP contribution is 2.36. The molecule has 20 heavy (non-hydrogen) atoms. The molecule has 0 unspecified atom stereocenters. The third kappa shape index (κ3) is 2.92. The molecule has 1 aliphatic rings. The van der Waals surface area contributed by atoms with Crippen LogP contribution in [0.2, 0.25) is 0 Å². The molecule has 0 saturated carbocycles. The van der Waals surface area contributed by atoms with Crippen molar-refractivity contribution in [3.63, 3.8) is 0 Å². The molecule has 1 heterocycles. The smallest absolute Gasteiger partial charge is 0.162 e. The lowest BCUT2D eigenvalue weighted by atomic mass is 10.1. The average Bonchev–Trinajstić information content (AvgIpc) is 2.48. The predicted molar refractivity (Wildman–Crippen MR) is 78.6 cm³/mol. The van der Waals surface area contributed by atoms with Crippen LogP contribution in [0.4, 0.5) is 0 Å². The summed E-state index contributed by atoms with van der Waals surface area (Å²) in [6.07, 6.45) is -0.427. The van der Waals surface area contributed by atoms with Gasteiger partial charge in [-0.25, -0.2) is 0 Å². The lowest BCUT2D eigenvalue weighted by molar-refractivity contribution is 0.171. The summed E-state index contributed by atoms with van der Waals surface area (Å²) < 4.78 is 11.1. The van der Waals surface area contributed by atoms with E-state index >= 15 is 0 Å². The van der Waals surface area contributed by atoms with Crippen molar-refractivity contribution in [2.75, 3.05) is 13.2 Å². The standard InChI is InChI=1S/C16H16O3S/c1-11(17)12-2-4-13(5-3-12)20-14-6-7-15-16(10-14)19-9-8-18-15/h2-7,10-11,17H,8-9H2,1H3/t11-/m0/s1. The number of aliphatic hydroxyl groups is 1. The molecule has 3 nitrogen and oxygen atoms in total. The Kier molecular flexibility index (Phi) is 3.85. The van der Waals surface area contributed by atoms with Gasteiger partial charge in [-0.1, -0.05) is 23.9 Å². The highest BCUT2D eigenvalue weighted by molar-refractivity contribution is 7.99. The summed E-state index contributed by atoms with van der Waals surface area (Å²) in [4.78, 5) is 2.24. The van der Waals surface area contributed by atoms with Crippen molar-refractivity contribution < 1.29 is 14.6 Å². The number of rotatable bonds is 3. The van der Waals surface area contributed by atoms with Crippen LogP contribution in [0.15, 0.2) is 52.3 Å². The second-order valence-corrected chi connectivity index (χ2v) is 5.80. The zero-order valence-electron chi connectivity index (χ0n) is 11.2. The van der Waals surface area contributed by atoms with Gasteiger partial charge in [-0.2, -0.15) is 0 Å². The number of benzene rings is 2. The van der Waals surface area contributed by atoms with Crippen LogP contribution in [-0.2, 0) is 0 Å². The van der Waals surface area contributed by atoms with E-state index in [1.807, 2.05) is 42.5 Å². The second-order valence-electron chi connectivity index (χ2n) is 4.65. The topological polar surface area (TPSA) is 38.7 Å². The molecule has 1 aliphatic heterocycles. The Labute approximate surface area is 122 Å². The minimum absolute atomic E-state index is 0.427. The van der Waals surface area contributed by atoms with Gasteiger partial charge >= 0.3 is 0 Å². The molecule has 4 heteroatoms. The number of hydrogen-bond donors (Lipinski definition) is 1. The van der Waals surface area contributed by atoms with E-state index in [2.05, 4.69) is 0 Å². The van der Waals surface area contributed by atoms with Gasteiger partial charge in [-0.3, -0.25) is 0 Å². The summed E-state index contributed by atoms with van der Waals surface area (Å²) in [6.45, 7) is 2.98. The number of fused-ring (bicyclic) bond motifs is 1. The zero-order chi connectivity index (χ0) is 13.9. The van der Waals surface area contributed by atoms with Gasteiger partial charge in [0, 0.05) is 9.79 Å². The van der Waals surface area contributed by atoms with Crippen LogP contribution in [0.1, 0.15) is 18.6 Å². The molecule has 1 atom stereocenters. The summed E-state index contributed by atoms with van der Waals surface area (Å²) in [5.74, 6) is 1.62. The van der Waals surface area contributed by atoms with Crippen molar-refractivity contribution in [3.8, 4) is 11.5 Å². The van der Waals surface area contributed by atoms with Crippen LogP contribution in [0.25, 0.3) is 0 Å². The maximum absolute atomic E-state index is 9.50. The van der Waals surface area contributed by atoms with E-state index in [0.717, 1.165) is 26.9 Å². The van der Waals surface area contributed by atoms with E-state index < -0.39 is 6.10 Å². The molecule has 104 valence electrons. The fraction of sp³-hybridized carbons (Fsp3) is 0.250. The molecule has 3 rings (SSSR count). The van der Waals surface area contributed by atoms with Crippen LogP contribution < -0.4 is 9.47 Å². The minimum Gasteiger partial charge on any atom is -0.486 e. The van der Waals surface area contributed by atoms with E-state index in [9.17, 15) is 5.11 Å². The van der Waals surface area contributed by atoms with Crippen molar-refractivity contribution in [2.45, 2.75) is 22.8 Å². The lowest BCUT2D eigenvalue weighted by Gasteiger charge is -2.18. The molecule has 0 aromatic heterocycles. The van der Waals surface area contributed by atoms with Crippen molar-refractivity contribution in [3.05, 3.63) is 48.0 Å². The van der Waals surface area contributed by atoms with Crippen molar-refractivity contribution >= 4 is 11.8 Å². The second kappa shape index (κ2) is 5.77. The molecule has 0 amide bonds. The highest BCUT2D eigenvalue weighted by Gasteiger charge is 2.12. The molecule has 2 aromatic rings. The summed E-state index contributed by atoms with van der Waals surface area (Å²) >= 11 is 1.66. The first-order valence-corrected chi connectivity index (χ1v) is 7.39. The Bertz CT molecular complexity index is 593. The molecule has 0 spiro atoms. The van der Waals surface area contributed by atoms with Gasteiger partial charge in [0.2, 0.25) is 0 Å². The number of hydrogen-bond acceptors (Lipinski definition) is 4. The monoisotopic (exact) mass is 288 g/mol. The van der Waals surface area contributed by atoms with E-state index in [4.69, 9.17) is 9.47 Å². The minimum atomic E-state index is -0.427. The molecule has 1 N–H and O–H groups in total. The summed E-state index contributed by atoms with van der Waals surface area (Å²) in [5.41, 5.74) is 0.927. The third-order valence-corrected chi connectivity index (χ3v) is 4.11. The van der Waals surface area contributed by atoms with E-state index in [-0.39, 0.29) is 0 Å². The largest absolute Gasteiger partial charge is 0.486 e. The van der Waals surface area contributed by atoms with Gasteiger partial charge in [-0.05, 0) is 42.8 Å². The van der Waals surface area contributed by atoms with Gasteiger partial charge in [-0.15, -0.1) is 0 Å². The molecular weight excluding hydrogens is 272 g/mol. The molecule has 0 fully saturated rings. The fourth-order valence-electron chi connectivity index (χ4n) is 2.04. The van der Waals surface area contributed by atoms with Gasteiger partial charge < -0.3 is 14.6 Å². The molecular formula is C16H16O3S. The zero-order valence-corrected chi connectivity index (χ0v) is 12.0. The van der Waals surface area contributed by atoms with Gasteiger partial charge in [0.25, 0.3) is 0 Å². The average molecular weight is 288 g/mol. The molecule has 0 saturated heterocycles. The van der Waals surface area contributed by atoms with Gasteiger partial charge in [0.1, 0.15) is 13.2 Å². The van der Waals surface area contributed by atoms with E-state index in [1.54, 1.807) is 18.7 Å². The molecule has 2 aromatic carbocycles. The Morgan fingerprint density at radius 2 is 1.60 bits per heavy atom. The summed E-state index contributed by atoms with van der Waals surface area (Å²) in [5, 5.41) is 9.50. The van der Waals surface area contributed by atoms with Crippen LogP contribution in [0.3, 0.4) is 0 Å². The van der Waals surface area contributed by atoms with Crippen LogP contribution in [0, 0.1) is 0 Å². The SMILES string of the molecule is C[C@H](O)c1ccc(Sc2ccc3c(c2)OCCO3)cc1. The number of ether oxygens (including phenoxy) is 2. The Morgan fingerprint density at radius 3 is 2.30 bits per heavy atom. The quantitative estimate of drug-likeness (QED) is 0.935. The van der Waals surface area contributed by atoms with E-state index in [1.165, 1.54) is 0 Å². The maximum atomic E-state index is 9.50. The highest BCUT2D eigenvalue weighted by atomic mass is 32.2. The lowest BCUT2D eigenvalue weighted by Crippen LogP contribution is -2.15. The van der Waals surface area contributed by atoms with Crippen molar-refractivity contribution in [2.24, 2.45) is 0 Å². The Balaban J connectivity index is 1.77. The van der Waals surface area contributed by atoms with Crippen molar-refractivity contribution in [1.82, 2.24) is 0 Å². The van der Waals surface area contributed by atoms with Gasteiger partial charge in [0.15, 0.2) is 11.5 Å². The molecule has 0 aliphatic carbocycles. The normalized spacial score (nSPS) is 14.9. The maximum Gasteiger partial charge on any atom is 0.162 e. The summed E-state index contributed by atoms with van der Waals surface area (Å²) in [6, 6.07) is 13.9. The molecule has 0 radical (unpaired) electrons. The van der Waals surface area contributed by atoms with Crippen LogP contribution in [-0.4, -0.2) is 18.3 Å². The Hall–Kier alpha value is -1.65. The first kappa shape index (κ1) is 13.3. The van der Waals surface area contributed by atoms with Crippen LogP contribution >= 0.6 is 11.8 Å². The molecule has 0 bridgehead atoms. The third-order valence-electron chi connectivity index (χ3n) is 3.11. The number of aliphatic hydroxyl groups excluding tert-OH is 1. The first-order chi connectivity index (χ1) is 9.72.